The van der Waals surface area contributed by atoms with Crippen molar-refractivity contribution in [3.05, 3.63) is 265 Å². The molecule has 0 bridgehead atoms. The Bertz CT molecular complexity index is 5890. The van der Waals surface area contributed by atoms with Crippen molar-refractivity contribution in [2.75, 3.05) is 0 Å². The fraction of sp³-hybridized carbons (Fsp3) is 0.484. The first-order chi connectivity index (χ1) is 63.4. The summed E-state index contributed by atoms with van der Waals surface area (Å²) in [6.07, 6.45) is 44.2. The van der Waals surface area contributed by atoms with E-state index in [1.807, 2.05) is 0 Å². The number of allylic oxidation sites excluding steroid dienone is 1. The van der Waals surface area contributed by atoms with Crippen LogP contribution in [-0.2, 0) is 27.1 Å². The van der Waals surface area contributed by atoms with Crippen LogP contribution in [0.25, 0.3) is 119 Å². The van der Waals surface area contributed by atoms with E-state index in [2.05, 4.69) is 362 Å². The van der Waals surface area contributed by atoms with E-state index in [4.69, 9.17) is 4.37 Å². The average molecular weight is 1760 g/mol. The minimum absolute atomic E-state index is 0.0434. The molecule has 0 spiro atoms. The summed E-state index contributed by atoms with van der Waals surface area (Å²) in [5, 5.41) is 0. The molecule has 10 unspecified atom stereocenters. The molecule has 2 nitrogen and oxygen atoms in total. The summed E-state index contributed by atoms with van der Waals surface area (Å²) in [5.74, 6) is 5.70. The molecule has 5 aliphatic carbocycles. The van der Waals surface area contributed by atoms with Crippen LogP contribution in [0.4, 0.5) is 0 Å². The van der Waals surface area contributed by atoms with Crippen molar-refractivity contribution in [3.8, 4) is 77.9 Å². The van der Waals surface area contributed by atoms with Gasteiger partial charge in [0, 0.05) is 38.2 Å². The van der Waals surface area contributed by atoms with E-state index in [1.165, 1.54) is 205 Å². The van der Waals surface area contributed by atoms with Gasteiger partial charge in [-0.25, -0.2) is 0 Å². The zero-order valence-corrected chi connectivity index (χ0v) is 85.5. The summed E-state index contributed by atoms with van der Waals surface area (Å²) in [7, 11) is 0. The summed E-state index contributed by atoms with van der Waals surface area (Å²) < 4.78 is 9.35. The summed E-state index contributed by atoms with van der Waals surface area (Å²) in [6, 6.07) is 74.0. The third-order valence-corrected chi connectivity index (χ3v) is 35.4. The molecule has 1 aromatic heterocycles. The molecule has 10 aromatic carbocycles. The normalized spacial score (nSPS) is 21.3. The Morgan fingerprint density at radius 3 is 0.855 bits per heavy atom. The maximum Gasteiger partial charge on any atom is 0.112 e. The van der Waals surface area contributed by atoms with Crippen molar-refractivity contribution >= 4 is 53.1 Å². The molecule has 0 saturated carbocycles. The third-order valence-electron chi connectivity index (χ3n) is 34.8. The van der Waals surface area contributed by atoms with Crippen molar-refractivity contribution in [2.24, 2.45) is 59.2 Å². The summed E-state index contributed by atoms with van der Waals surface area (Å²) in [4.78, 5) is 0. The van der Waals surface area contributed by atoms with Gasteiger partial charge in [0.05, 0.1) is 11.7 Å². The smallest absolute Gasteiger partial charge is 0.112 e. The van der Waals surface area contributed by atoms with Gasteiger partial charge in [-0.05, 0) is 329 Å². The van der Waals surface area contributed by atoms with Crippen molar-refractivity contribution in [1.29, 1.82) is 0 Å². The van der Waals surface area contributed by atoms with E-state index in [1.54, 1.807) is 66.8 Å². The van der Waals surface area contributed by atoms with Gasteiger partial charge in [-0.15, -0.1) is 0 Å². The van der Waals surface area contributed by atoms with E-state index in [0.717, 1.165) is 79.1 Å². The zero-order chi connectivity index (χ0) is 92.4. The number of nitrogens with zero attached hydrogens (tertiary/aromatic N) is 2. The average Bonchev–Trinajstić information content (AvgIpc) is 1.51. The van der Waals surface area contributed by atoms with Crippen LogP contribution in [-0.4, -0.2) is 8.75 Å². The van der Waals surface area contributed by atoms with Gasteiger partial charge in [-0.2, -0.15) is 8.75 Å². The standard InChI is InChI=1S/C128H160N2S/c1-22-35-40-91(33-12)81-128(82-92(34-13)41-36-23-2)113-64-95(49-48-93-44-46-94(47-45-93)50-52-97-54-53-96(39-24-3)122-123(97)130-131-129-122)51-59-103(113)104-60-55-100(67-116(104)128)98-56-61-105-106-62-57-99(66-115(106)125(114(105)65-98,75-85(16)27-6)76-86(17)28-7)101-58-63-107-109-70-121-111(72-119(109)126(117(107)68-101,77-87(18)29-8)78-88(19)30-9)110-71-118-108(69-120(110)127(121,79-89(20)31-10)80-90(21)32-11)102-42-37-38-43-112(102)124(118,73-83(14)25-4)74-84(15)26-5/h24,37-39,42-72,83-92H,22-23,25-36,40-41,73-82H2,1-21H3. The lowest BCUT2D eigenvalue weighted by atomic mass is 9.64. The predicted octanol–water partition coefficient (Wildman–Crippen LogP) is 38.4. The Kier molecular flexibility index (Phi) is 29.4. The summed E-state index contributed by atoms with van der Waals surface area (Å²) >= 11 is 1.28. The Hall–Kier alpha value is -8.76. The van der Waals surface area contributed by atoms with Gasteiger partial charge in [0.1, 0.15) is 11.0 Å². The number of hydrogen-bond donors (Lipinski definition) is 0. The lowest BCUT2D eigenvalue weighted by Gasteiger charge is -2.39. The molecule has 0 saturated heterocycles. The second kappa shape index (κ2) is 40.4. The molecular formula is C128H160N2S. The number of aromatic nitrogens is 2. The highest BCUT2D eigenvalue weighted by atomic mass is 32.1. The molecule has 131 heavy (non-hydrogen) atoms. The van der Waals surface area contributed by atoms with Crippen LogP contribution in [0, 0.1) is 59.2 Å². The van der Waals surface area contributed by atoms with Crippen LogP contribution >= 0.6 is 11.7 Å². The topological polar surface area (TPSA) is 25.8 Å². The lowest BCUT2D eigenvalue weighted by Crippen LogP contribution is -2.32. The van der Waals surface area contributed by atoms with Gasteiger partial charge in [-0.1, -0.05) is 405 Å². The quantitative estimate of drug-likeness (QED) is 0.0356. The largest absolute Gasteiger partial charge is 0.172 e. The minimum Gasteiger partial charge on any atom is -0.172 e. The molecule has 10 atom stereocenters. The number of benzene rings is 10. The van der Waals surface area contributed by atoms with Crippen LogP contribution < -0.4 is 0 Å². The number of hydrogen-bond acceptors (Lipinski definition) is 3. The van der Waals surface area contributed by atoms with Gasteiger partial charge >= 0.3 is 0 Å². The first-order valence-corrected chi connectivity index (χ1v) is 53.7. The van der Waals surface area contributed by atoms with Crippen LogP contribution in [0.1, 0.15) is 396 Å². The predicted molar refractivity (Wildman–Crippen MR) is 573 cm³/mol. The summed E-state index contributed by atoms with van der Waals surface area (Å²) in [5.41, 5.74) is 43.5. The molecule has 688 valence electrons. The second-order valence-corrected chi connectivity index (χ2v) is 44.2. The van der Waals surface area contributed by atoms with Crippen LogP contribution in [0.3, 0.4) is 0 Å². The van der Waals surface area contributed by atoms with Crippen molar-refractivity contribution in [3.63, 3.8) is 0 Å². The molecule has 0 amide bonds. The fourth-order valence-electron chi connectivity index (χ4n) is 26.1. The third kappa shape index (κ3) is 17.8. The van der Waals surface area contributed by atoms with E-state index in [0.29, 0.717) is 59.2 Å². The van der Waals surface area contributed by atoms with Crippen molar-refractivity contribution in [2.45, 2.75) is 339 Å². The molecule has 5 aliphatic rings. The summed E-state index contributed by atoms with van der Waals surface area (Å²) in [6.45, 7) is 52.0. The van der Waals surface area contributed by atoms with Crippen molar-refractivity contribution in [1.82, 2.24) is 8.75 Å². The molecule has 0 N–H and O–H groups in total. The molecule has 11 aromatic rings. The second-order valence-electron chi connectivity index (χ2n) is 43.7. The van der Waals surface area contributed by atoms with Gasteiger partial charge in [0.2, 0.25) is 0 Å². The van der Waals surface area contributed by atoms with Gasteiger partial charge in [0.15, 0.2) is 0 Å². The highest BCUT2D eigenvalue weighted by Gasteiger charge is 2.54. The Morgan fingerprint density at radius 2 is 0.519 bits per heavy atom. The minimum atomic E-state index is -0.182. The Morgan fingerprint density at radius 1 is 0.252 bits per heavy atom. The maximum absolute atomic E-state index is 4.70. The Balaban J connectivity index is 0.814. The number of rotatable bonds is 43. The Labute approximate surface area is 798 Å². The van der Waals surface area contributed by atoms with Gasteiger partial charge < -0.3 is 0 Å². The molecule has 0 aliphatic heterocycles. The van der Waals surface area contributed by atoms with E-state index < -0.39 is 0 Å². The number of unbranched alkanes of at least 4 members (excludes halogenated alkanes) is 2. The molecule has 0 fully saturated rings. The van der Waals surface area contributed by atoms with Crippen molar-refractivity contribution < 1.29 is 0 Å². The van der Waals surface area contributed by atoms with Crippen LogP contribution in [0.5, 0.6) is 0 Å². The fourth-order valence-corrected chi connectivity index (χ4v) is 26.7. The van der Waals surface area contributed by atoms with Crippen LogP contribution in [0.2, 0.25) is 0 Å². The van der Waals surface area contributed by atoms with Crippen LogP contribution in [0.15, 0.2) is 182 Å². The molecule has 3 heteroatoms. The lowest BCUT2D eigenvalue weighted by molar-refractivity contribution is 0.266. The highest BCUT2D eigenvalue weighted by Crippen LogP contribution is 2.67. The SMILES string of the molecule is CC=Cc1ccc(C=Cc2ccc(C=Cc3ccc4c(c3)C(CC(CC)CCCC)(CC(CC)CCCC)c3cc(-c5ccc6c(c5)C(CC(C)CC)(CC(C)CC)c5cc(-c7ccc8c(c7)C(CC(C)CC)(CC(C)CC)c7cc9c(cc7-8)C(CC(C)CC)(CC(C)CC)c7cc8c(cc7-9)C(CC(C)CC)(CC(C)CC)c7ccccc7-8)ccc5-6)ccc3-4)cc2)c2nsnc12. The van der Waals surface area contributed by atoms with E-state index in [9.17, 15) is 0 Å². The van der Waals surface area contributed by atoms with Gasteiger partial charge in [-0.3, -0.25) is 0 Å². The van der Waals surface area contributed by atoms with Gasteiger partial charge in [0.25, 0.3) is 0 Å². The zero-order valence-electron chi connectivity index (χ0n) is 84.7. The highest BCUT2D eigenvalue weighted by molar-refractivity contribution is 7.00. The molecule has 1 heterocycles. The molecular weight excluding hydrogens is 1600 g/mol. The molecule has 16 rings (SSSR count). The first kappa shape index (κ1) is 95.4. The monoisotopic (exact) mass is 1760 g/mol. The first-order valence-electron chi connectivity index (χ1n) is 53.0. The molecule has 0 radical (unpaired) electrons. The van der Waals surface area contributed by atoms with E-state index >= 15 is 0 Å². The maximum atomic E-state index is 4.70. The number of fused-ring (bicyclic) bond motifs is 16. The van der Waals surface area contributed by atoms with E-state index in [-0.39, 0.29) is 27.1 Å².